The molecule has 1 saturated heterocycles. The summed E-state index contributed by atoms with van der Waals surface area (Å²) in [7, 11) is 3.87. The Labute approximate surface area is 105 Å². The summed E-state index contributed by atoms with van der Waals surface area (Å²) in [5.41, 5.74) is 1.30. The zero-order valence-electron chi connectivity index (χ0n) is 9.66. The van der Waals surface area contributed by atoms with Gasteiger partial charge in [0, 0.05) is 25.7 Å². The molecular weight excluding hydrogens is 268 g/mol. The fourth-order valence-electron chi connectivity index (χ4n) is 2.06. The van der Waals surface area contributed by atoms with Crippen molar-refractivity contribution >= 4 is 15.9 Å². The minimum atomic E-state index is 0.441. The first kappa shape index (κ1) is 11.9. The number of hydrogen-bond donors (Lipinski definition) is 1. The molecule has 1 atom stereocenters. The van der Waals surface area contributed by atoms with E-state index in [2.05, 4.69) is 51.4 Å². The molecule has 1 unspecified atom stereocenters. The number of hydrogen-bond acceptors (Lipinski definition) is 3. The molecule has 0 spiro atoms. The number of nitrogens with zero attached hydrogens (tertiary/aromatic N) is 1. The molecule has 2 rings (SSSR count). The highest BCUT2D eigenvalue weighted by atomic mass is 79.9. The molecule has 3 nitrogen and oxygen atoms in total. The summed E-state index contributed by atoms with van der Waals surface area (Å²) in [6.45, 7) is 3.16. The number of nitrogens with one attached hydrogen (secondary N) is 1. The van der Waals surface area contributed by atoms with Crippen LogP contribution >= 0.6 is 15.9 Å². The molecule has 0 saturated carbocycles. The fourth-order valence-corrected chi connectivity index (χ4v) is 2.47. The van der Waals surface area contributed by atoms with Crippen LogP contribution in [0, 0.1) is 0 Å². The van der Waals surface area contributed by atoms with Gasteiger partial charge in [-0.2, -0.15) is 0 Å². The molecule has 88 valence electrons. The van der Waals surface area contributed by atoms with Crippen molar-refractivity contribution in [3.05, 3.63) is 28.2 Å². The van der Waals surface area contributed by atoms with Gasteiger partial charge in [0.15, 0.2) is 0 Å². The number of ether oxygens (including phenoxy) is 1. The molecule has 0 aliphatic carbocycles. The number of benzene rings is 1. The van der Waals surface area contributed by atoms with Crippen molar-refractivity contribution < 1.29 is 4.74 Å². The van der Waals surface area contributed by atoms with Gasteiger partial charge in [-0.3, -0.25) is 4.90 Å². The van der Waals surface area contributed by atoms with Gasteiger partial charge in [-0.1, -0.05) is 6.07 Å². The van der Waals surface area contributed by atoms with Gasteiger partial charge in [0.1, 0.15) is 5.75 Å². The third-order valence-corrected chi connectivity index (χ3v) is 3.73. The van der Waals surface area contributed by atoms with Crippen LogP contribution in [0.15, 0.2) is 22.7 Å². The standard InChI is InChI=1S/C12H17BrN2O/c1-15-6-5-14-8-11(15)9-3-4-10(13)12(7-9)16-2/h3-4,7,11,14H,5-6,8H2,1-2H3. The van der Waals surface area contributed by atoms with E-state index >= 15 is 0 Å². The number of halogens is 1. The molecule has 1 aliphatic rings. The summed E-state index contributed by atoms with van der Waals surface area (Å²) in [6, 6.07) is 6.76. The molecule has 0 amide bonds. The van der Waals surface area contributed by atoms with Crippen molar-refractivity contribution in [2.75, 3.05) is 33.8 Å². The van der Waals surface area contributed by atoms with Gasteiger partial charge in [0.2, 0.25) is 0 Å². The van der Waals surface area contributed by atoms with E-state index < -0.39 is 0 Å². The molecule has 1 heterocycles. The second-order valence-corrected chi connectivity index (χ2v) is 4.95. The molecule has 16 heavy (non-hydrogen) atoms. The maximum atomic E-state index is 5.33. The Balaban J connectivity index is 2.25. The molecule has 1 fully saturated rings. The van der Waals surface area contributed by atoms with E-state index in [0.29, 0.717) is 6.04 Å². The SMILES string of the molecule is COc1cc(C2CNCCN2C)ccc1Br. The Morgan fingerprint density at radius 3 is 3.00 bits per heavy atom. The van der Waals surface area contributed by atoms with Crippen LogP contribution in [-0.4, -0.2) is 38.7 Å². The Hall–Kier alpha value is -0.580. The Morgan fingerprint density at radius 2 is 2.31 bits per heavy atom. The molecule has 1 N–H and O–H groups in total. The number of methoxy groups -OCH3 is 1. The van der Waals surface area contributed by atoms with Crippen molar-refractivity contribution in [1.29, 1.82) is 0 Å². The topological polar surface area (TPSA) is 24.5 Å². The Bertz CT molecular complexity index is 370. The van der Waals surface area contributed by atoms with Crippen molar-refractivity contribution in [2.24, 2.45) is 0 Å². The van der Waals surface area contributed by atoms with E-state index in [1.807, 2.05) is 0 Å². The fraction of sp³-hybridized carbons (Fsp3) is 0.500. The highest BCUT2D eigenvalue weighted by Crippen LogP contribution is 2.30. The average Bonchev–Trinajstić information content (AvgIpc) is 2.31. The lowest BCUT2D eigenvalue weighted by atomic mass is 10.0. The largest absolute Gasteiger partial charge is 0.496 e. The average molecular weight is 285 g/mol. The molecule has 1 aromatic carbocycles. The van der Waals surface area contributed by atoms with Gasteiger partial charge in [-0.25, -0.2) is 0 Å². The zero-order chi connectivity index (χ0) is 11.5. The molecular formula is C12H17BrN2O. The van der Waals surface area contributed by atoms with Crippen LogP contribution in [0.5, 0.6) is 5.75 Å². The lowest BCUT2D eigenvalue weighted by Crippen LogP contribution is -2.43. The first-order valence-corrected chi connectivity index (χ1v) is 6.26. The quantitative estimate of drug-likeness (QED) is 0.900. The van der Waals surface area contributed by atoms with Gasteiger partial charge in [0.05, 0.1) is 11.6 Å². The van der Waals surface area contributed by atoms with E-state index in [1.165, 1.54) is 5.56 Å². The van der Waals surface area contributed by atoms with Crippen LogP contribution in [0.1, 0.15) is 11.6 Å². The number of rotatable bonds is 2. The van der Waals surface area contributed by atoms with Gasteiger partial charge >= 0.3 is 0 Å². The van der Waals surface area contributed by atoms with Crippen LogP contribution < -0.4 is 10.1 Å². The Kier molecular flexibility index (Phi) is 3.84. The summed E-state index contributed by atoms with van der Waals surface area (Å²) in [6.07, 6.45) is 0. The third kappa shape index (κ3) is 2.39. The van der Waals surface area contributed by atoms with Gasteiger partial charge < -0.3 is 10.1 Å². The van der Waals surface area contributed by atoms with Crippen LogP contribution in [0.4, 0.5) is 0 Å². The minimum Gasteiger partial charge on any atom is -0.496 e. The second-order valence-electron chi connectivity index (χ2n) is 4.09. The minimum absolute atomic E-state index is 0.441. The summed E-state index contributed by atoms with van der Waals surface area (Å²) >= 11 is 3.48. The lowest BCUT2D eigenvalue weighted by molar-refractivity contribution is 0.202. The maximum Gasteiger partial charge on any atom is 0.133 e. The van der Waals surface area contributed by atoms with Crippen LogP contribution in [0.2, 0.25) is 0 Å². The van der Waals surface area contributed by atoms with Gasteiger partial charge in [0.25, 0.3) is 0 Å². The molecule has 1 aromatic rings. The van der Waals surface area contributed by atoms with Crippen LogP contribution in [0.25, 0.3) is 0 Å². The smallest absolute Gasteiger partial charge is 0.133 e. The van der Waals surface area contributed by atoms with Crippen molar-refractivity contribution in [3.63, 3.8) is 0 Å². The van der Waals surface area contributed by atoms with E-state index in [4.69, 9.17) is 4.74 Å². The zero-order valence-corrected chi connectivity index (χ0v) is 11.3. The summed E-state index contributed by atoms with van der Waals surface area (Å²) in [4.78, 5) is 2.37. The Morgan fingerprint density at radius 1 is 1.50 bits per heavy atom. The van der Waals surface area contributed by atoms with Crippen molar-refractivity contribution in [3.8, 4) is 5.75 Å². The normalized spacial score (nSPS) is 22.1. The van der Waals surface area contributed by atoms with E-state index in [9.17, 15) is 0 Å². The van der Waals surface area contributed by atoms with Gasteiger partial charge in [-0.05, 0) is 40.7 Å². The summed E-state index contributed by atoms with van der Waals surface area (Å²) in [5.74, 6) is 0.900. The summed E-state index contributed by atoms with van der Waals surface area (Å²) in [5, 5.41) is 3.42. The third-order valence-electron chi connectivity index (χ3n) is 3.07. The lowest BCUT2D eigenvalue weighted by Gasteiger charge is -2.33. The first-order valence-electron chi connectivity index (χ1n) is 5.47. The molecule has 4 heteroatoms. The predicted octanol–water partition coefficient (Wildman–Crippen LogP) is 2.03. The molecule has 0 radical (unpaired) electrons. The molecule has 1 aliphatic heterocycles. The first-order chi connectivity index (χ1) is 7.72. The second kappa shape index (κ2) is 5.17. The van der Waals surface area contributed by atoms with Crippen LogP contribution in [0.3, 0.4) is 0 Å². The van der Waals surface area contributed by atoms with Crippen molar-refractivity contribution in [2.45, 2.75) is 6.04 Å². The van der Waals surface area contributed by atoms with E-state index in [-0.39, 0.29) is 0 Å². The van der Waals surface area contributed by atoms with Crippen LogP contribution in [-0.2, 0) is 0 Å². The highest BCUT2D eigenvalue weighted by Gasteiger charge is 2.20. The monoisotopic (exact) mass is 284 g/mol. The van der Waals surface area contributed by atoms with E-state index in [1.54, 1.807) is 7.11 Å². The summed E-state index contributed by atoms with van der Waals surface area (Å²) < 4.78 is 6.33. The highest BCUT2D eigenvalue weighted by molar-refractivity contribution is 9.10. The molecule has 0 aromatic heterocycles. The number of likely N-dealkylation sites (N-methyl/N-ethyl adjacent to an activating group) is 1. The van der Waals surface area contributed by atoms with Crippen molar-refractivity contribution in [1.82, 2.24) is 10.2 Å². The number of piperazine rings is 1. The van der Waals surface area contributed by atoms with Gasteiger partial charge in [-0.15, -0.1) is 0 Å². The molecule has 0 bridgehead atoms. The maximum absolute atomic E-state index is 5.33. The predicted molar refractivity (Wildman–Crippen MR) is 68.9 cm³/mol. The van der Waals surface area contributed by atoms with E-state index in [0.717, 1.165) is 29.9 Å².